The van der Waals surface area contributed by atoms with E-state index in [4.69, 9.17) is 11.6 Å². The molecule has 1 aromatic carbocycles. The van der Waals surface area contributed by atoms with Gasteiger partial charge in [0.1, 0.15) is 0 Å². The van der Waals surface area contributed by atoms with E-state index in [1.54, 1.807) is 18.3 Å². The van der Waals surface area contributed by atoms with Gasteiger partial charge >= 0.3 is 0 Å². The highest BCUT2D eigenvalue weighted by Crippen LogP contribution is 2.14. The van der Waals surface area contributed by atoms with Crippen LogP contribution in [0.2, 0.25) is 5.02 Å². The zero-order valence-corrected chi connectivity index (χ0v) is 10.3. The molecule has 0 unspecified atom stereocenters. The summed E-state index contributed by atoms with van der Waals surface area (Å²) in [4.78, 5) is 3.98. The molecule has 1 nitrogen and oxygen atoms in total. The predicted molar refractivity (Wildman–Crippen MR) is 75.9 cm³/mol. The zero-order valence-electron chi connectivity index (χ0n) is 9.51. The fourth-order valence-corrected chi connectivity index (χ4v) is 1.35. The van der Waals surface area contributed by atoms with E-state index < -0.39 is 0 Å². The summed E-state index contributed by atoms with van der Waals surface area (Å²) in [5, 5.41) is 0.757. The van der Waals surface area contributed by atoms with E-state index in [9.17, 15) is 0 Å². The molecular formula is C15H14ClN. The molecule has 0 bridgehead atoms. The number of nitrogens with zero attached hydrogens (tertiary/aromatic N) is 1. The van der Waals surface area contributed by atoms with Crippen molar-refractivity contribution in [1.82, 2.24) is 4.98 Å². The lowest BCUT2D eigenvalue weighted by molar-refractivity contribution is 1.30. The number of aromatic nitrogens is 1. The van der Waals surface area contributed by atoms with Gasteiger partial charge in [-0.1, -0.05) is 55.1 Å². The Labute approximate surface area is 107 Å². The van der Waals surface area contributed by atoms with Crippen molar-refractivity contribution in [2.75, 3.05) is 0 Å². The van der Waals surface area contributed by atoms with Crippen LogP contribution >= 0.6 is 11.6 Å². The Morgan fingerprint density at radius 2 is 1.65 bits per heavy atom. The van der Waals surface area contributed by atoms with E-state index in [1.807, 2.05) is 42.5 Å². The minimum absolute atomic E-state index is 0.757. The molecule has 0 radical (unpaired) electrons. The standard InChI is InChI=1S/C8H7Cl.C7H7N/c1-2-7-5-3-4-6-8(7)9;1-2-7-5-3-4-6-8-7/h2-6H,1H2;2-6H,1H2. The first kappa shape index (κ1) is 13.2. The van der Waals surface area contributed by atoms with Gasteiger partial charge < -0.3 is 0 Å². The molecule has 0 saturated carbocycles. The summed E-state index contributed by atoms with van der Waals surface area (Å²) < 4.78 is 0. The molecule has 0 aliphatic carbocycles. The quantitative estimate of drug-likeness (QED) is 0.745. The molecule has 0 spiro atoms. The summed E-state index contributed by atoms with van der Waals surface area (Å²) in [6, 6.07) is 13.3. The van der Waals surface area contributed by atoms with Crippen LogP contribution in [0.1, 0.15) is 11.3 Å². The van der Waals surface area contributed by atoms with Crippen LogP contribution in [0.3, 0.4) is 0 Å². The number of benzene rings is 1. The Balaban J connectivity index is 0.000000171. The Morgan fingerprint density at radius 3 is 2.06 bits per heavy atom. The number of pyridine rings is 1. The van der Waals surface area contributed by atoms with E-state index in [0.717, 1.165) is 16.3 Å². The van der Waals surface area contributed by atoms with Crippen LogP contribution in [0, 0.1) is 0 Å². The van der Waals surface area contributed by atoms with E-state index in [0.29, 0.717) is 0 Å². The third-order valence-corrected chi connectivity index (χ3v) is 2.37. The highest BCUT2D eigenvalue weighted by Gasteiger charge is 1.89. The SMILES string of the molecule is C=Cc1ccccc1Cl.C=Cc1ccccn1. The van der Waals surface area contributed by atoms with Crippen LogP contribution in [-0.4, -0.2) is 4.98 Å². The zero-order chi connectivity index (χ0) is 12.5. The maximum atomic E-state index is 5.75. The average molecular weight is 244 g/mol. The van der Waals surface area contributed by atoms with Gasteiger partial charge in [-0.3, -0.25) is 4.98 Å². The van der Waals surface area contributed by atoms with Crippen LogP contribution in [0.4, 0.5) is 0 Å². The van der Waals surface area contributed by atoms with Gasteiger partial charge in [-0.15, -0.1) is 0 Å². The second-order valence-corrected chi connectivity index (χ2v) is 3.59. The van der Waals surface area contributed by atoms with Crippen molar-refractivity contribution in [3.8, 4) is 0 Å². The third kappa shape index (κ3) is 4.66. The number of halogens is 1. The summed E-state index contributed by atoms with van der Waals surface area (Å²) in [6.45, 7) is 7.18. The normalized spacial score (nSPS) is 8.76. The van der Waals surface area contributed by atoms with Crippen LogP contribution in [0.25, 0.3) is 12.2 Å². The molecule has 2 heteroatoms. The van der Waals surface area contributed by atoms with Gasteiger partial charge in [-0.25, -0.2) is 0 Å². The predicted octanol–water partition coefficient (Wildman–Crippen LogP) is 4.71. The van der Waals surface area contributed by atoms with Gasteiger partial charge in [0.15, 0.2) is 0 Å². The highest BCUT2D eigenvalue weighted by molar-refractivity contribution is 6.32. The van der Waals surface area contributed by atoms with E-state index in [1.165, 1.54) is 0 Å². The summed E-state index contributed by atoms with van der Waals surface area (Å²) in [5.74, 6) is 0. The van der Waals surface area contributed by atoms with Gasteiger partial charge in [0.25, 0.3) is 0 Å². The largest absolute Gasteiger partial charge is 0.257 e. The molecule has 17 heavy (non-hydrogen) atoms. The summed E-state index contributed by atoms with van der Waals surface area (Å²) in [6.07, 6.45) is 5.21. The fraction of sp³-hybridized carbons (Fsp3) is 0. The first-order valence-corrected chi connectivity index (χ1v) is 5.56. The van der Waals surface area contributed by atoms with Gasteiger partial charge in [-0.2, -0.15) is 0 Å². The maximum absolute atomic E-state index is 5.75. The van der Waals surface area contributed by atoms with E-state index in [-0.39, 0.29) is 0 Å². The van der Waals surface area contributed by atoms with Crippen molar-refractivity contribution in [1.29, 1.82) is 0 Å². The Morgan fingerprint density at radius 1 is 0.941 bits per heavy atom. The minimum atomic E-state index is 0.757. The number of hydrogen-bond acceptors (Lipinski definition) is 1. The molecule has 2 rings (SSSR count). The average Bonchev–Trinajstić information content (AvgIpc) is 2.41. The molecule has 0 amide bonds. The first-order chi connectivity index (χ1) is 8.27. The van der Waals surface area contributed by atoms with E-state index in [2.05, 4.69) is 18.1 Å². The maximum Gasteiger partial charge on any atom is 0.0623 e. The van der Waals surface area contributed by atoms with Crippen molar-refractivity contribution in [2.45, 2.75) is 0 Å². The molecule has 86 valence electrons. The monoisotopic (exact) mass is 243 g/mol. The lowest BCUT2D eigenvalue weighted by atomic mass is 10.2. The summed E-state index contributed by atoms with van der Waals surface area (Å²) in [5.41, 5.74) is 1.91. The molecule has 0 fully saturated rings. The van der Waals surface area contributed by atoms with Crippen LogP contribution in [0.5, 0.6) is 0 Å². The second kappa shape index (κ2) is 7.42. The highest BCUT2D eigenvalue weighted by atomic mass is 35.5. The number of hydrogen-bond donors (Lipinski definition) is 0. The number of rotatable bonds is 2. The molecule has 1 aromatic heterocycles. The van der Waals surface area contributed by atoms with Gasteiger partial charge in [0, 0.05) is 11.2 Å². The van der Waals surface area contributed by atoms with Crippen molar-refractivity contribution >= 4 is 23.8 Å². The third-order valence-electron chi connectivity index (χ3n) is 2.02. The lowest BCUT2D eigenvalue weighted by Gasteiger charge is -1.92. The topological polar surface area (TPSA) is 12.9 Å². The van der Waals surface area contributed by atoms with Crippen molar-refractivity contribution in [3.63, 3.8) is 0 Å². The van der Waals surface area contributed by atoms with Crippen molar-refractivity contribution in [2.24, 2.45) is 0 Å². The molecule has 1 heterocycles. The molecule has 0 saturated heterocycles. The molecule has 0 aliphatic heterocycles. The van der Waals surface area contributed by atoms with Gasteiger partial charge in [0.05, 0.1) is 5.69 Å². The van der Waals surface area contributed by atoms with Crippen LogP contribution in [-0.2, 0) is 0 Å². The van der Waals surface area contributed by atoms with Crippen molar-refractivity contribution in [3.05, 3.63) is 78.1 Å². The fourth-order valence-electron chi connectivity index (χ4n) is 1.14. The van der Waals surface area contributed by atoms with Gasteiger partial charge in [0.2, 0.25) is 0 Å². The van der Waals surface area contributed by atoms with Crippen molar-refractivity contribution < 1.29 is 0 Å². The first-order valence-electron chi connectivity index (χ1n) is 5.18. The van der Waals surface area contributed by atoms with E-state index >= 15 is 0 Å². The molecule has 0 aliphatic rings. The van der Waals surface area contributed by atoms with Gasteiger partial charge in [-0.05, 0) is 29.8 Å². The Hall–Kier alpha value is -1.86. The lowest BCUT2D eigenvalue weighted by Crippen LogP contribution is -1.73. The minimum Gasteiger partial charge on any atom is -0.257 e. The smallest absolute Gasteiger partial charge is 0.0623 e. The molecule has 0 atom stereocenters. The summed E-state index contributed by atoms with van der Waals surface area (Å²) in [7, 11) is 0. The molecule has 2 aromatic rings. The molecule has 0 N–H and O–H groups in total. The summed E-state index contributed by atoms with van der Waals surface area (Å²) >= 11 is 5.75. The van der Waals surface area contributed by atoms with Crippen LogP contribution in [0.15, 0.2) is 61.8 Å². The molecular weight excluding hydrogens is 230 g/mol. The van der Waals surface area contributed by atoms with Crippen LogP contribution < -0.4 is 0 Å². The second-order valence-electron chi connectivity index (χ2n) is 3.18. The Kier molecular flexibility index (Phi) is 5.76. The Bertz CT molecular complexity index is 477.